The molecule has 0 aliphatic carbocycles. The van der Waals surface area contributed by atoms with Crippen molar-refractivity contribution >= 4 is 27.4 Å². The van der Waals surface area contributed by atoms with Crippen molar-refractivity contribution in [1.29, 1.82) is 0 Å². The smallest absolute Gasteiger partial charge is 0.339 e. The Morgan fingerprint density at radius 1 is 1.53 bits per heavy atom. The summed E-state index contributed by atoms with van der Waals surface area (Å²) in [6.07, 6.45) is 3.06. The minimum Gasteiger partial charge on any atom is -0.462 e. The zero-order chi connectivity index (χ0) is 10.8. The minimum absolute atomic E-state index is 0.352. The van der Waals surface area contributed by atoms with Gasteiger partial charge in [0.05, 0.1) is 29.0 Å². The Hall–Kier alpha value is -1.43. The van der Waals surface area contributed by atoms with Crippen LogP contribution >= 0.6 is 15.9 Å². The molecule has 0 amide bonds. The summed E-state index contributed by atoms with van der Waals surface area (Å²) in [6, 6.07) is 1.68. The van der Waals surface area contributed by atoms with E-state index in [0.29, 0.717) is 12.2 Å². The summed E-state index contributed by atoms with van der Waals surface area (Å²) in [5.74, 6) is -0.374. The number of carbonyl (C=O) groups excluding carboxylic acids is 1. The highest BCUT2D eigenvalue weighted by Gasteiger charge is 2.10. The molecule has 0 saturated carbocycles. The lowest BCUT2D eigenvalue weighted by Crippen LogP contribution is -2.06. The number of nitrogens with zero attached hydrogens (tertiary/aromatic N) is 3. The summed E-state index contributed by atoms with van der Waals surface area (Å²) in [5, 5.41) is 7.95. The Labute approximate surface area is 94.2 Å². The zero-order valence-corrected chi connectivity index (χ0v) is 9.56. The van der Waals surface area contributed by atoms with Gasteiger partial charge in [0.2, 0.25) is 0 Å². The maximum Gasteiger partial charge on any atom is 0.339 e. The van der Waals surface area contributed by atoms with E-state index in [1.165, 1.54) is 10.8 Å². The highest BCUT2D eigenvalue weighted by molar-refractivity contribution is 9.10. The molecule has 5 nitrogen and oxygen atoms in total. The van der Waals surface area contributed by atoms with Crippen LogP contribution in [0.5, 0.6) is 0 Å². The molecule has 78 valence electrons. The number of rotatable bonds is 2. The zero-order valence-electron chi connectivity index (χ0n) is 7.98. The van der Waals surface area contributed by atoms with Gasteiger partial charge in [-0.2, -0.15) is 14.8 Å². The number of hydrogen-bond acceptors (Lipinski definition) is 4. The van der Waals surface area contributed by atoms with Crippen molar-refractivity contribution in [3.8, 4) is 0 Å². The van der Waals surface area contributed by atoms with Crippen LogP contribution in [0.2, 0.25) is 0 Å². The van der Waals surface area contributed by atoms with E-state index in [9.17, 15) is 4.79 Å². The maximum absolute atomic E-state index is 11.4. The number of carbonyl (C=O) groups is 1. The van der Waals surface area contributed by atoms with Gasteiger partial charge in [-0.05, 0) is 28.9 Å². The van der Waals surface area contributed by atoms with E-state index in [0.717, 1.165) is 9.99 Å². The summed E-state index contributed by atoms with van der Waals surface area (Å²) in [6.45, 7) is 2.11. The Morgan fingerprint density at radius 3 is 3.00 bits per heavy atom. The normalized spacial score (nSPS) is 10.5. The molecule has 0 unspecified atom stereocenters. The highest BCUT2D eigenvalue weighted by Crippen LogP contribution is 2.17. The first-order chi connectivity index (χ1) is 7.22. The average molecular weight is 270 g/mol. The third kappa shape index (κ3) is 1.85. The van der Waals surface area contributed by atoms with E-state index in [1.807, 2.05) is 0 Å². The van der Waals surface area contributed by atoms with Gasteiger partial charge < -0.3 is 4.74 Å². The number of hydrogen-bond donors (Lipinski definition) is 0. The van der Waals surface area contributed by atoms with Crippen LogP contribution in [0.1, 0.15) is 17.3 Å². The Bertz CT molecular complexity index is 509. The number of ether oxygens (including phenoxy) is 1. The molecule has 0 spiro atoms. The van der Waals surface area contributed by atoms with Gasteiger partial charge in [-0.15, -0.1) is 0 Å². The van der Waals surface area contributed by atoms with E-state index in [-0.39, 0.29) is 5.97 Å². The molecular formula is C9H8BrN3O2. The average Bonchev–Trinajstić information content (AvgIpc) is 2.60. The quantitative estimate of drug-likeness (QED) is 0.779. The van der Waals surface area contributed by atoms with E-state index < -0.39 is 0 Å². The lowest BCUT2D eigenvalue weighted by atomic mass is 10.3. The molecule has 0 saturated heterocycles. The predicted molar refractivity (Wildman–Crippen MR) is 56.6 cm³/mol. The van der Waals surface area contributed by atoms with Crippen molar-refractivity contribution in [1.82, 2.24) is 14.8 Å². The largest absolute Gasteiger partial charge is 0.462 e. The van der Waals surface area contributed by atoms with Gasteiger partial charge >= 0.3 is 5.97 Å². The molecular weight excluding hydrogens is 262 g/mol. The van der Waals surface area contributed by atoms with Gasteiger partial charge in [0.25, 0.3) is 0 Å². The molecule has 2 aromatic heterocycles. The van der Waals surface area contributed by atoms with Crippen molar-refractivity contribution in [2.75, 3.05) is 6.61 Å². The fourth-order valence-electron chi connectivity index (χ4n) is 1.18. The van der Waals surface area contributed by atoms with Crippen LogP contribution in [0.4, 0.5) is 0 Å². The first kappa shape index (κ1) is 10.1. The van der Waals surface area contributed by atoms with Gasteiger partial charge in [-0.25, -0.2) is 4.79 Å². The number of halogens is 1. The molecule has 0 atom stereocenters. The van der Waals surface area contributed by atoms with Gasteiger partial charge in [0.1, 0.15) is 5.52 Å². The molecule has 15 heavy (non-hydrogen) atoms. The summed E-state index contributed by atoms with van der Waals surface area (Å²) >= 11 is 3.31. The third-order valence-electron chi connectivity index (χ3n) is 1.85. The standard InChI is InChI=1S/C9H8BrN3O2/c1-2-15-9(14)6-3-8-7(10)5-12-13(8)11-4-6/h3-5H,2H2,1H3. The molecule has 0 aromatic carbocycles. The Morgan fingerprint density at radius 2 is 2.27 bits per heavy atom. The first-order valence-electron chi connectivity index (χ1n) is 4.39. The number of esters is 1. The Balaban J connectivity index is 2.45. The van der Waals surface area contributed by atoms with Crippen molar-refractivity contribution in [3.05, 3.63) is 28.5 Å². The van der Waals surface area contributed by atoms with Crippen molar-refractivity contribution < 1.29 is 9.53 Å². The van der Waals surface area contributed by atoms with E-state index in [1.54, 1.807) is 19.2 Å². The Kier molecular flexibility index (Phi) is 2.68. The van der Waals surface area contributed by atoms with Crippen LogP contribution in [0.25, 0.3) is 5.52 Å². The number of fused-ring (bicyclic) bond motifs is 1. The minimum atomic E-state index is -0.374. The molecule has 0 aliphatic rings. The van der Waals surface area contributed by atoms with Crippen molar-refractivity contribution in [2.45, 2.75) is 6.92 Å². The second-order valence-corrected chi connectivity index (χ2v) is 3.69. The van der Waals surface area contributed by atoms with Crippen LogP contribution in [0.3, 0.4) is 0 Å². The topological polar surface area (TPSA) is 56.5 Å². The molecule has 2 rings (SSSR count). The SMILES string of the molecule is CCOC(=O)c1cnn2ncc(Br)c2c1. The molecule has 0 bridgehead atoms. The van der Waals surface area contributed by atoms with Crippen LogP contribution in [0.15, 0.2) is 22.9 Å². The molecule has 2 heterocycles. The summed E-state index contributed by atoms with van der Waals surface area (Å²) < 4.78 is 7.10. The van der Waals surface area contributed by atoms with Crippen molar-refractivity contribution in [2.24, 2.45) is 0 Å². The maximum atomic E-state index is 11.4. The summed E-state index contributed by atoms with van der Waals surface area (Å²) in [5.41, 5.74) is 1.16. The predicted octanol–water partition coefficient (Wildman–Crippen LogP) is 1.67. The van der Waals surface area contributed by atoms with Crippen LogP contribution in [-0.2, 0) is 4.74 Å². The highest BCUT2D eigenvalue weighted by atomic mass is 79.9. The second kappa shape index (κ2) is 3.98. The van der Waals surface area contributed by atoms with E-state index >= 15 is 0 Å². The van der Waals surface area contributed by atoms with Gasteiger partial charge in [0, 0.05) is 0 Å². The first-order valence-corrected chi connectivity index (χ1v) is 5.18. The fraction of sp³-hybridized carbons (Fsp3) is 0.222. The fourth-order valence-corrected chi connectivity index (χ4v) is 1.54. The van der Waals surface area contributed by atoms with Gasteiger partial charge in [-0.1, -0.05) is 0 Å². The summed E-state index contributed by atoms with van der Waals surface area (Å²) in [7, 11) is 0. The third-order valence-corrected chi connectivity index (χ3v) is 2.46. The van der Waals surface area contributed by atoms with Crippen LogP contribution in [0, 0.1) is 0 Å². The molecule has 0 aliphatic heterocycles. The van der Waals surface area contributed by atoms with Crippen LogP contribution < -0.4 is 0 Å². The monoisotopic (exact) mass is 269 g/mol. The number of aromatic nitrogens is 3. The molecule has 0 radical (unpaired) electrons. The van der Waals surface area contributed by atoms with Gasteiger partial charge in [-0.3, -0.25) is 0 Å². The lowest BCUT2D eigenvalue weighted by molar-refractivity contribution is 0.0525. The van der Waals surface area contributed by atoms with E-state index in [2.05, 4.69) is 26.1 Å². The molecule has 6 heteroatoms. The molecule has 0 N–H and O–H groups in total. The van der Waals surface area contributed by atoms with Gasteiger partial charge in [0.15, 0.2) is 0 Å². The molecule has 2 aromatic rings. The second-order valence-electron chi connectivity index (χ2n) is 2.83. The van der Waals surface area contributed by atoms with Crippen molar-refractivity contribution in [3.63, 3.8) is 0 Å². The molecule has 0 fully saturated rings. The summed E-state index contributed by atoms with van der Waals surface area (Å²) in [4.78, 5) is 11.4. The lowest BCUT2D eigenvalue weighted by Gasteiger charge is -2.01. The van der Waals surface area contributed by atoms with Crippen LogP contribution in [-0.4, -0.2) is 27.4 Å². The van der Waals surface area contributed by atoms with E-state index in [4.69, 9.17) is 4.74 Å².